The summed E-state index contributed by atoms with van der Waals surface area (Å²) >= 11 is 0. The van der Waals surface area contributed by atoms with Crippen LogP contribution in [-0.2, 0) is 12.8 Å². The highest BCUT2D eigenvalue weighted by Gasteiger charge is 2.13. The lowest BCUT2D eigenvalue weighted by atomic mass is 10.0. The van der Waals surface area contributed by atoms with E-state index in [4.69, 9.17) is 4.74 Å². The number of benzene rings is 1. The van der Waals surface area contributed by atoms with Crippen molar-refractivity contribution in [2.45, 2.75) is 46.1 Å². The van der Waals surface area contributed by atoms with E-state index in [1.165, 1.54) is 36.0 Å². The van der Waals surface area contributed by atoms with Crippen LogP contribution in [0.3, 0.4) is 0 Å². The number of ether oxygens (including phenoxy) is 1. The lowest BCUT2D eigenvalue weighted by Crippen LogP contribution is -2.24. The monoisotopic (exact) mass is 311 g/mol. The second-order valence-corrected chi connectivity index (χ2v) is 6.31. The summed E-state index contributed by atoms with van der Waals surface area (Å²) in [5.41, 5.74) is 6.13. The third-order valence-corrected chi connectivity index (χ3v) is 4.45. The highest BCUT2D eigenvalue weighted by Crippen LogP contribution is 2.25. The Bertz CT molecular complexity index is 684. The van der Waals surface area contributed by atoms with Crippen molar-refractivity contribution >= 4 is 0 Å². The first-order valence-electron chi connectivity index (χ1n) is 8.41. The number of aryl methyl sites for hydroxylation is 4. The molecule has 0 aliphatic heterocycles. The van der Waals surface area contributed by atoms with E-state index in [1.807, 2.05) is 13.8 Å². The van der Waals surface area contributed by atoms with Gasteiger partial charge in [0.1, 0.15) is 6.61 Å². The van der Waals surface area contributed by atoms with Crippen LogP contribution in [0, 0.1) is 13.8 Å². The van der Waals surface area contributed by atoms with Crippen LogP contribution < -0.4 is 10.1 Å². The van der Waals surface area contributed by atoms with Crippen molar-refractivity contribution < 1.29 is 4.74 Å². The smallest absolute Gasteiger partial charge is 0.235 e. The minimum atomic E-state index is 0.328. The first-order chi connectivity index (χ1) is 11.1. The third-order valence-electron chi connectivity index (χ3n) is 4.45. The van der Waals surface area contributed by atoms with Crippen LogP contribution in [0.4, 0.5) is 0 Å². The zero-order valence-electron chi connectivity index (χ0n) is 14.2. The van der Waals surface area contributed by atoms with Crippen LogP contribution in [-0.4, -0.2) is 23.1 Å². The molecule has 122 valence electrons. The number of hydrogen-bond donors (Lipinski definition) is 1. The van der Waals surface area contributed by atoms with Crippen LogP contribution >= 0.6 is 0 Å². The molecule has 1 aromatic heterocycles. The third kappa shape index (κ3) is 3.88. The van der Waals surface area contributed by atoms with Crippen LogP contribution in [0.2, 0.25) is 0 Å². The highest BCUT2D eigenvalue weighted by molar-refractivity contribution is 5.36. The molecular weight excluding hydrogens is 286 g/mol. The van der Waals surface area contributed by atoms with E-state index >= 15 is 0 Å². The van der Waals surface area contributed by atoms with E-state index in [1.54, 1.807) is 6.20 Å². The molecule has 23 heavy (non-hydrogen) atoms. The quantitative estimate of drug-likeness (QED) is 0.832. The van der Waals surface area contributed by atoms with Crippen LogP contribution in [0.15, 0.2) is 24.4 Å². The molecule has 1 aromatic carbocycles. The Morgan fingerprint density at radius 1 is 1.22 bits per heavy atom. The van der Waals surface area contributed by atoms with Gasteiger partial charge in [0.15, 0.2) is 0 Å². The molecule has 4 heteroatoms. The summed E-state index contributed by atoms with van der Waals surface area (Å²) in [5.74, 6) is 0.636. The zero-order valence-corrected chi connectivity index (χ0v) is 14.2. The predicted octanol–water partition coefficient (Wildman–Crippen LogP) is 3.31. The average molecular weight is 311 g/mol. The maximum Gasteiger partial charge on any atom is 0.235 e. The van der Waals surface area contributed by atoms with Gasteiger partial charge in [0.05, 0.1) is 11.4 Å². The molecule has 0 spiro atoms. The highest BCUT2D eigenvalue weighted by atomic mass is 16.5. The Hall–Kier alpha value is -1.94. The van der Waals surface area contributed by atoms with E-state index in [9.17, 15) is 0 Å². The van der Waals surface area contributed by atoms with Crippen LogP contribution in [0.1, 0.15) is 47.5 Å². The number of fused-ring (bicyclic) bond motifs is 1. The normalized spacial score (nSPS) is 14.6. The standard InChI is InChI=1S/C19H25N3O/c1-13-12-21-15(3)19(22-13)23-10-9-20-14(2)17-8-7-16-5-4-6-18(16)11-17/h7-8,11-12,14,20H,4-6,9-10H2,1-3H3. The Morgan fingerprint density at radius 3 is 2.91 bits per heavy atom. The SMILES string of the molecule is Cc1cnc(C)c(OCCNC(C)c2ccc3c(c2)CCC3)n1. The fourth-order valence-corrected chi connectivity index (χ4v) is 3.05. The number of aromatic nitrogens is 2. The van der Waals surface area contributed by atoms with Gasteiger partial charge < -0.3 is 10.1 Å². The lowest BCUT2D eigenvalue weighted by molar-refractivity contribution is 0.292. The molecule has 0 amide bonds. The second-order valence-electron chi connectivity index (χ2n) is 6.31. The van der Waals surface area contributed by atoms with Gasteiger partial charge in [-0.25, -0.2) is 4.98 Å². The van der Waals surface area contributed by atoms with Gasteiger partial charge >= 0.3 is 0 Å². The first-order valence-corrected chi connectivity index (χ1v) is 8.41. The summed E-state index contributed by atoms with van der Waals surface area (Å²) in [4.78, 5) is 8.64. The van der Waals surface area contributed by atoms with Gasteiger partial charge in [0.25, 0.3) is 0 Å². The molecule has 1 aliphatic carbocycles. The van der Waals surface area contributed by atoms with Gasteiger partial charge in [-0.1, -0.05) is 18.2 Å². The molecule has 1 aliphatic rings. The summed E-state index contributed by atoms with van der Waals surface area (Å²) in [6, 6.07) is 7.22. The predicted molar refractivity (Wildman–Crippen MR) is 91.9 cm³/mol. The molecular formula is C19H25N3O. The van der Waals surface area contributed by atoms with Gasteiger partial charge in [0, 0.05) is 18.8 Å². The van der Waals surface area contributed by atoms with Gasteiger partial charge in [-0.3, -0.25) is 4.98 Å². The zero-order chi connectivity index (χ0) is 16.2. The van der Waals surface area contributed by atoms with E-state index < -0.39 is 0 Å². The number of nitrogens with zero attached hydrogens (tertiary/aromatic N) is 2. The summed E-state index contributed by atoms with van der Waals surface area (Å²) in [7, 11) is 0. The van der Waals surface area contributed by atoms with Crippen molar-refractivity contribution in [1.82, 2.24) is 15.3 Å². The maximum atomic E-state index is 5.74. The average Bonchev–Trinajstić information content (AvgIpc) is 3.02. The largest absolute Gasteiger partial charge is 0.475 e. The van der Waals surface area contributed by atoms with Gasteiger partial charge in [-0.15, -0.1) is 0 Å². The Kier molecular flexibility index (Phi) is 4.91. The van der Waals surface area contributed by atoms with Crippen LogP contribution in [0.25, 0.3) is 0 Å². The summed E-state index contributed by atoms with van der Waals surface area (Å²) in [6.45, 7) is 7.42. The second kappa shape index (κ2) is 7.09. The molecule has 1 N–H and O–H groups in total. The molecule has 0 saturated heterocycles. The molecule has 0 radical (unpaired) electrons. The topological polar surface area (TPSA) is 47.0 Å². The fourth-order valence-electron chi connectivity index (χ4n) is 3.05. The molecule has 1 unspecified atom stereocenters. The number of hydrogen-bond acceptors (Lipinski definition) is 4. The van der Waals surface area contributed by atoms with Gasteiger partial charge in [-0.2, -0.15) is 0 Å². The minimum absolute atomic E-state index is 0.328. The summed E-state index contributed by atoms with van der Waals surface area (Å²) in [6.07, 6.45) is 5.52. The molecule has 1 atom stereocenters. The van der Waals surface area contributed by atoms with Crippen molar-refractivity contribution in [3.63, 3.8) is 0 Å². The van der Waals surface area contributed by atoms with Crippen molar-refractivity contribution in [3.05, 3.63) is 52.5 Å². The first kappa shape index (κ1) is 15.9. The summed E-state index contributed by atoms with van der Waals surface area (Å²) < 4.78 is 5.74. The van der Waals surface area contributed by atoms with Gasteiger partial charge in [0.2, 0.25) is 5.88 Å². The van der Waals surface area contributed by atoms with E-state index in [0.717, 1.165) is 17.9 Å². The Balaban J connectivity index is 1.49. The van der Waals surface area contributed by atoms with E-state index in [2.05, 4.69) is 40.4 Å². The summed E-state index contributed by atoms with van der Waals surface area (Å²) in [5, 5.41) is 3.52. The molecule has 2 aromatic rings. The molecule has 4 nitrogen and oxygen atoms in total. The number of rotatable bonds is 6. The van der Waals surface area contributed by atoms with Crippen LogP contribution in [0.5, 0.6) is 5.88 Å². The van der Waals surface area contributed by atoms with Crippen molar-refractivity contribution in [2.75, 3.05) is 13.2 Å². The Labute approximate surface area is 138 Å². The minimum Gasteiger partial charge on any atom is -0.475 e. The van der Waals surface area contributed by atoms with Crippen molar-refractivity contribution in [2.24, 2.45) is 0 Å². The molecule has 1 heterocycles. The number of nitrogens with one attached hydrogen (secondary N) is 1. The fraction of sp³-hybridized carbons (Fsp3) is 0.474. The molecule has 0 fully saturated rings. The van der Waals surface area contributed by atoms with E-state index in [0.29, 0.717) is 18.5 Å². The van der Waals surface area contributed by atoms with Gasteiger partial charge in [-0.05, 0) is 56.7 Å². The van der Waals surface area contributed by atoms with Crippen molar-refractivity contribution in [3.8, 4) is 5.88 Å². The lowest BCUT2D eigenvalue weighted by Gasteiger charge is -2.16. The van der Waals surface area contributed by atoms with E-state index in [-0.39, 0.29) is 0 Å². The molecule has 3 rings (SSSR count). The molecule has 0 saturated carbocycles. The molecule has 0 bridgehead atoms. The van der Waals surface area contributed by atoms with Crippen molar-refractivity contribution in [1.29, 1.82) is 0 Å². The Morgan fingerprint density at radius 2 is 2.04 bits per heavy atom. The maximum absolute atomic E-state index is 5.74.